The van der Waals surface area contributed by atoms with Crippen LogP contribution in [0.25, 0.3) is 0 Å². The van der Waals surface area contributed by atoms with Gasteiger partial charge in [0.15, 0.2) is 5.60 Å². The second-order valence-corrected chi connectivity index (χ2v) is 5.70. The summed E-state index contributed by atoms with van der Waals surface area (Å²) in [4.78, 5) is 10.7. The lowest BCUT2D eigenvalue weighted by atomic mass is 9.54. The fourth-order valence-electron chi connectivity index (χ4n) is 3.00. The number of halogens is 5. The fraction of sp³-hybridized carbons (Fsp3) is 0.500. The SMILES string of the molecule is O=CCC(O)(C(F)(F)F)C1(c2cc(F)ccc2Cl)CCC1. The molecular formula is C14H13ClF4O2. The summed E-state index contributed by atoms with van der Waals surface area (Å²) in [6.45, 7) is 0. The largest absolute Gasteiger partial charge is 0.418 e. The Labute approximate surface area is 123 Å². The van der Waals surface area contributed by atoms with Gasteiger partial charge in [-0.2, -0.15) is 13.2 Å². The first-order chi connectivity index (χ1) is 9.68. The van der Waals surface area contributed by atoms with Gasteiger partial charge in [0.1, 0.15) is 12.1 Å². The Hall–Kier alpha value is -1.14. The van der Waals surface area contributed by atoms with Gasteiger partial charge < -0.3 is 9.90 Å². The molecule has 21 heavy (non-hydrogen) atoms. The predicted molar refractivity (Wildman–Crippen MR) is 68.6 cm³/mol. The Balaban J connectivity index is 2.64. The van der Waals surface area contributed by atoms with Crippen LogP contribution in [0, 0.1) is 5.82 Å². The molecule has 0 spiro atoms. The van der Waals surface area contributed by atoms with E-state index in [1.807, 2.05) is 0 Å². The molecule has 0 bridgehead atoms. The molecule has 0 radical (unpaired) electrons. The number of carbonyl (C=O) groups is 1. The standard InChI is InChI=1S/C14H13ClF4O2/c15-11-3-2-9(16)8-10(11)12(4-1-5-12)13(21,6-7-20)14(17,18)19/h2-3,7-8,21H,1,4-6H2. The van der Waals surface area contributed by atoms with E-state index in [0.29, 0.717) is 6.42 Å². The maximum Gasteiger partial charge on any atom is 0.418 e. The number of aldehydes is 1. The first-order valence-electron chi connectivity index (χ1n) is 6.36. The Bertz CT molecular complexity index is 554. The molecule has 0 amide bonds. The van der Waals surface area contributed by atoms with Crippen molar-refractivity contribution in [1.82, 2.24) is 0 Å². The molecule has 1 aliphatic rings. The van der Waals surface area contributed by atoms with E-state index in [1.54, 1.807) is 0 Å². The summed E-state index contributed by atoms with van der Waals surface area (Å²) in [7, 11) is 0. The average Bonchev–Trinajstić information content (AvgIpc) is 2.31. The van der Waals surface area contributed by atoms with E-state index in [0.717, 1.165) is 18.2 Å². The minimum absolute atomic E-state index is 0.0139. The van der Waals surface area contributed by atoms with E-state index in [4.69, 9.17) is 11.6 Å². The zero-order valence-corrected chi connectivity index (χ0v) is 11.6. The average molecular weight is 325 g/mol. The summed E-state index contributed by atoms with van der Waals surface area (Å²) < 4.78 is 53.6. The molecular weight excluding hydrogens is 312 g/mol. The van der Waals surface area contributed by atoms with Crippen LogP contribution in [-0.4, -0.2) is 23.2 Å². The fourth-order valence-corrected chi connectivity index (χ4v) is 3.30. The van der Waals surface area contributed by atoms with Gasteiger partial charge in [-0.15, -0.1) is 0 Å². The number of hydrogen-bond acceptors (Lipinski definition) is 2. The van der Waals surface area contributed by atoms with Crippen LogP contribution in [0.5, 0.6) is 0 Å². The number of alkyl halides is 3. The highest BCUT2D eigenvalue weighted by molar-refractivity contribution is 6.31. The van der Waals surface area contributed by atoms with Gasteiger partial charge in [0.25, 0.3) is 0 Å². The maximum absolute atomic E-state index is 13.4. The van der Waals surface area contributed by atoms with Gasteiger partial charge in [-0.3, -0.25) is 0 Å². The molecule has 1 aromatic rings. The van der Waals surface area contributed by atoms with Gasteiger partial charge in [0, 0.05) is 16.9 Å². The third-order valence-corrected chi connectivity index (χ3v) is 4.62. The van der Waals surface area contributed by atoms with Crippen molar-refractivity contribution in [2.75, 3.05) is 0 Å². The molecule has 1 aromatic carbocycles. The lowest BCUT2D eigenvalue weighted by Gasteiger charge is -2.53. The molecule has 1 unspecified atom stereocenters. The molecule has 0 saturated heterocycles. The lowest BCUT2D eigenvalue weighted by Crippen LogP contribution is -2.64. The summed E-state index contributed by atoms with van der Waals surface area (Å²) >= 11 is 5.92. The van der Waals surface area contributed by atoms with E-state index in [9.17, 15) is 27.5 Å². The highest BCUT2D eigenvalue weighted by Gasteiger charge is 2.68. The van der Waals surface area contributed by atoms with Crippen molar-refractivity contribution in [1.29, 1.82) is 0 Å². The quantitative estimate of drug-likeness (QED) is 0.676. The number of benzene rings is 1. The van der Waals surface area contributed by atoms with Crippen LogP contribution < -0.4 is 0 Å². The molecule has 2 nitrogen and oxygen atoms in total. The van der Waals surface area contributed by atoms with Crippen LogP contribution in [-0.2, 0) is 10.2 Å². The van der Waals surface area contributed by atoms with Crippen molar-refractivity contribution in [3.63, 3.8) is 0 Å². The first kappa shape index (κ1) is 16.2. The summed E-state index contributed by atoms with van der Waals surface area (Å²) in [6.07, 6.45) is -5.70. The number of rotatable bonds is 4. The summed E-state index contributed by atoms with van der Waals surface area (Å²) in [5.41, 5.74) is -5.14. The van der Waals surface area contributed by atoms with Gasteiger partial charge >= 0.3 is 6.18 Å². The molecule has 7 heteroatoms. The minimum Gasteiger partial charge on any atom is -0.379 e. The predicted octanol–water partition coefficient (Wildman–Crippen LogP) is 3.78. The number of carbonyl (C=O) groups excluding carboxylic acids is 1. The summed E-state index contributed by atoms with van der Waals surface area (Å²) in [5, 5.41) is 10.2. The van der Waals surface area contributed by atoms with Gasteiger partial charge in [-0.1, -0.05) is 18.0 Å². The number of hydrogen-bond donors (Lipinski definition) is 1. The van der Waals surface area contributed by atoms with Crippen LogP contribution in [0.2, 0.25) is 5.02 Å². The molecule has 1 aliphatic carbocycles. The molecule has 116 valence electrons. The molecule has 2 rings (SSSR count). The van der Waals surface area contributed by atoms with Gasteiger partial charge in [0.05, 0.1) is 0 Å². The second kappa shape index (κ2) is 5.25. The Morgan fingerprint density at radius 2 is 1.95 bits per heavy atom. The molecule has 0 aliphatic heterocycles. The Morgan fingerprint density at radius 3 is 2.38 bits per heavy atom. The minimum atomic E-state index is -5.02. The van der Waals surface area contributed by atoms with Crippen molar-refractivity contribution in [3.05, 3.63) is 34.6 Å². The van der Waals surface area contributed by atoms with Crippen molar-refractivity contribution in [3.8, 4) is 0 Å². The van der Waals surface area contributed by atoms with Gasteiger partial charge in [0.2, 0.25) is 0 Å². The number of aliphatic hydroxyl groups is 1. The van der Waals surface area contributed by atoms with Crippen molar-refractivity contribution >= 4 is 17.9 Å². The van der Waals surface area contributed by atoms with Gasteiger partial charge in [-0.25, -0.2) is 4.39 Å². The summed E-state index contributed by atoms with van der Waals surface area (Å²) in [5.74, 6) is -0.740. The van der Waals surface area contributed by atoms with E-state index in [-0.39, 0.29) is 29.7 Å². The van der Waals surface area contributed by atoms with Crippen molar-refractivity contribution in [2.24, 2.45) is 0 Å². The second-order valence-electron chi connectivity index (χ2n) is 5.29. The van der Waals surface area contributed by atoms with E-state index in [1.165, 1.54) is 0 Å². The highest BCUT2D eigenvalue weighted by atomic mass is 35.5. The van der Waals surface area contributed by atoms with Gasteiger partial charge in [-0.05, 0) is 36.6 Å². The third kappa shape index (κ3) is 2.34. The van der Waals surface area contributed by atoms with Crippen LogP contribution in [0.1, 0.15) is 31.2 Å². The van der Waals surface area contributed by atoms with Crippen LogP contribution in [0.15, 0.2) is 18.2 Å². The highest BCUT2D eigenvalue weighted by Crippen LogP contribution is 2.59. The Kier molecular flexibility index (Phi) is 4.06. The molecule has 1 saturated carbocycles. The maximum atomic E-state index is 13.4. The normalized spacial score (nSPS) is 20.5. The first-order valence-corrected chi connectivity index (χ1v) is 6.74. The van der Waals surface area contributed by atoms with E-state index >= 15 is 0 Å². The Morgan fingerprint density at radius 1 is 1.33 bits per heavy atom. The lowest BCUT2D eigenvalue weighted by molar-refractivity contribution is -0.295. The topological polar surface area (TPSA) is 37.3 Å². The molecule has 0 aromatic heterocycles. The smallest absolute Gasteiger partial charge is 0.379 e. The van der Waals surface area contributed by atoms with Crippen LogP contribution >= 0.6 is 11.6 Å². The molecule has 0 heterocycles. The van der Waals surface area contributed by atoms with E-state index in [2.05, 4.69) is 0 Å². The third-order valence-electron chi connectivity index (χ3n) is 4.29. The zero-order valence-electron chi connectivity index (χ0n) is 10.9. The molecule has 1 fully saturated rings. The molecule has 1 N–H and O–H groups in total. The van der Waals surface area contributed by atoms with Crippen LogP contribution in [0.3, 0.4) is 0 Å². The monoisotopic (exact) mass is 324 g/mol. The van der Waals surface area contributed by atoms with E-state index < -0.39 is 29.4 Å². The van der Waals surface area contributed by atoms with Crippen molar-refractivity contribution in [2.45, 2.75) is 42.9 Å². The van der Waals surface area contributed by atoms with Crippen LogP contribution in [0.4, 0.5) is 17.6 Å². The zero-order chi connectivity index (χ0) is 15.9. The van der Waals surface area contributed by atoms with Crippen molar-refractivity contribution < 1.29 is 27.5 Å². The summed E-state index contributed by atoms with van der Waals surface area (Å²) in [6, 6.07) is 3.09. The molecule has 1 atom stereocenters.